The molecule has 0 spiro atoms. The van der Waals surface area contributed by atoms with Gasteiger partial charge in [-0.3, -0.25) is 4.72 Å². The predicted molar refractivity (Wildman–Crippen MR) is 85.4 cm³/mol. The molecule has 0 atom stereocenters. The van der Waals surface area contributed by atoms with E-state index in [0.29, 0.717) is 18.9 Å². The minimum Gasteiger partial charge on any atom is -0.382 e. The summed E-state index contributed by atoms with van der Waals surface area (Å²) >= 11 is 0. The van der Waals surface area contributed by atoms with Gasteiger partial charge in [0.15, 0.2) is 0 Å². The summed E-state index contributed by atoms with van der Waals surface area (Å²) in [6.07, 6.45) is 0. The molecule has 21 heavy (non-hydrogen) atoms. The first-order valence-corrected chi connectivity index (χ1v) is 8.69. The normalized spacial score (nSPS) is 11.9. The molecule has 0 aliphatic carbocycles. The Hall–Kier alpha value is -1.11. The van der Waals surface area contributed by atoms with Gasteiger partial charge in [0.25, 0.3) is 0 Å². The van der Waals surface area contributed by atoms with Crippen LogP contribution in [0.1, 0.15) is 30.9 Å². The minimum absolute atomic E-state index is 0.0669. The van der Waals surface area contributed by atoms with Gasteiger partial charge >= 0.3 is 0 Å². The number of hydrogen-bond donors (Lipinski definition) is 1. The molecule has 1 aromatic rings. The Bertz CT molecular complexity index is 541. The fourth-order valence-corrected chi connectivity index (χ4v) is 2.96. The number of benzene rings is 1. The fraction of sp³-hybridized carbons (Fsp3) is 0.600. The van der Waals surface area contributed by atoms with Crippen LogP contribution in [0.4, 0.5) is 5.69 Å². The van der Waals surface area contributed by atoms with Gasteiger partial charge in [-0.1, -0.05) is 32.0 Å². The Morgan fingerprint density at radius 3 is 2.52 bits per heavy atom. The van der Waals surface area contributed by atoms with Crippen molar-refractivity contribution in [3.8, 4) is 0 Å². The molecule has 0 radical (unpaired) electrons. The molecule has 0 saturated heterocycles. The second kappa shape index (κ2) is 8.36. The van der Waals surface area contributed by atoms with Crippen LogP contribution in [0, 0.1) is 6.92 Å². The Labute approximate surface area is 127 Å². The van der Waals surface area contributed by atoms with Crippen molar-refractivity contribution in [1.29, 1.82) is 0 Å². The zero-order valence-electron chi connectivity index (χ0n) is 13.2. The molecule has 0 bridgehead atoms. The van der Waals surface area contributed by atoms with Crippen LogP contribution in [-0.4, -0.2) is 41.1 Å². The van der Waals surface area contributed by atoms with Crippen molar-refractivity contribution < 1.29 is 17.9 Å². The smallest absolute Gasteiger partial charge is 0.235 e. The summed E-state index contributed by atoms with van der Waals surface area (Å²) in [6.45, 7) is 7.00. The van der Waals surface area contributed by atoms with Gasteiger partial charge in [-0.05, 0) is 24.0 Å². The number of ether oxygens (including phenoxy) is 2. The van der Waals surface area contributed by atoms with E-state index in [-0.39, 0.29) is 18.3 Å². The van der Waals surface area contributed by atoms with Gasteiger partial charge in [0.2, 0.25) is 10.0 Å². The molecule has 1 rings (SSSR count). The van der Waals surface area contributed by atoms with Gasteiger partial charge < -0.3 is 9.47 Å². The number of hydrogen-bond acceptors (Lipinski definition) is 4. The average molecular weight is 315 g/mol. The number of nitrogens with one attached hydrogen (secondary N) is 1. The van der Waals surface area contributed by atoms with E-state index < -0.39 is 10.0 Å². The molecule has 0 fully saturated rings. The number of anilines is 1. The summed E-state index contributed by atoms with van der Waals surface area (Å²) in [6, 6.07) is 5.79. The first-order valence-electron chi connectivity index (χ1n) is 7.04. The zero-order valence-corrected chi connectivity index (χ0v) is 14.0. The van der Waals surface area contributed by atoms with Crippen molar-refractivity contribution in [2.45, 2.75) is 26.7 Å². The number of aryl methyl sites for hydroxylation is 1. The summed E-state index contributed by atoms with van der Waals surface area (Å²) in [5.41, 5.74) is 2.60. The van der Waals surface area contributed by atoms with Crippen LogP contribution in [0.3, 0.4) is 0 Å². The highest BCUT2D eigenvalue weighted by molar-refractivity contribution is 7.92. The molecule has 0 aliphatic rings. The maximum absolute atomic E-state index is 12.1. The summed E-state index contributed by atoms with van der Waals surface area (Å²) in [4.78, 5) is 0. The van der Waals surface area contributed by atoms with Crippen LogP contribution in [0.25, 0.3) is 0 Å². The quantitative estimate of drug-likeness (QED) is 0.711. The number of para-hydroxylation sites is 1. The first-order chi connectivity index (χ1) is 9.87. The SMILES string of the molecule is COCCOCCS(=O)(=O)Nc1c(C)cccc1C(C)C. The Kier molecular flexibility index (Phi) is 7.14. The molecule has 1 N–H and O–H groups in total. The van der Waals surface area contributed by atoms with E-state index in [1.165, 1.54) is 0 Å². The molecule has 120 valence electrons. The number of sulfonamides is 1. The summed E-state index contributed by atoms with van der Waals surface area (Å²) in [5, 5.41) is 0. The standard InChI is InChI=1S/C15H25NO4S/c1-12(2)14-7-5-6-13(3)15(14)16-21(17,18)11-10-20-9-8-19-4/h5-7,12,16H,8-11H2,1-4H3. The van der Waals surface area contributed by atoms with Crippen LogP contribution in [0.5, 0.6) is 0 Å². The van der Waals surface area contributed by atoms with E-state index in [0.717, 1.165) is 11.1 Å². The average Bonchev–Trinajstić information content (AvgIpc) is 2.40. The predicted octanol–water partition coefficient (Wildman–Crippen LogP) is 2.52. The Morgan fingerprint density at radius 1 is 1.19 bits per heavy atom. The van der Waals surface area contributed by atoms with Gasteiger partial charge in [-0.2, -0.15) is 0 Å². The van der Waals surface area contributed by atoms with E-state index in [1.54, 1.807) is 7.11 Å². The molecular formula is C15H25NO4S. The molecule has 0 aromatic heterocycles. The maximum Gasteiger partial charge on any atom is 0.235 e. The van der Waals surface area contributed by atoms with Gasteiger partial charge in [0.1, 0.15) is 0 Å². The van der Waals surface area contributed by atoms with Gasteiger partial charge in [-0.25, -0.2) is 8.42 Å². The molecule has 0 unspecified atom stereocenters. The van der Waals surface area contributed by atoms with Crippen LogP contribution in [0.2, 0.25) is 0 Å². The lowest BCUT2D eigenvalue weighted by molar-refractivity contribution is 0.0785. The van der Waals surface area contributed by atoms with Crippen molar-refractivity contribution in [3.05, 3.63) is 29.3 Å². The third-order valence-electron chi connectivity index (χ3n) is 3.11. The molecule has 0 saturated carbocycles. The Balaban J connectivity index is 2.71. The number of methoxy groups -OCH3 is 1. The monoisotopic (exact) mass is 315 g/mol. The highest BCUT2D eigenvalue weighted by Crippen LogP contribution is 2.28. The Morgan fingerprint density at radius 2 is 1.90 bits per heavy atom. The lowest BCUT2D eigenvalue weighted by Gasteiger charge is -2.17. The lowest BCUT2D eigenvalue weighted by atomic mass is 9.99. The lowest BCUT2D eigenvalue weighted by Crippen LogP contribution is -2.22. The molecule has 1 aromatic carbocycles. The van der Waals surface area contributed by atoms with Gasteiger partial charge in [0.05, 0.1) is 31.3 Å². The van der Waals surface area contributed by atoms with Crippen LogP contribution < -0.4 is 4.72 Å². The van der Waals surface area contributed by atoms with Crippen LogP contribution in [0.15, 0.2) is 18.2 Å². The fourth-order valence-electron chi connectivity index (χ4n) is 1.93. The summed E-state index contributed by atoms with van der Waals surface area (Å²) in [7, 11) is -1.84. The first kappa shape index (κ1) is 17.9. The molecule has 0 amide bonds. The third-order valence-corrected chi connectivity index (χ3v) is 4.33. The van der Waals surface area contributed by atoms with E-state index in [9.17, 15) is 8.42 Å². The van der Waals surface area contributed by atoms with Crippen molar-refractivity contribution in [3.63, 3.8) is 0 Å². The molecule has 0 aliphatic heterocycles. The van der Waals surface area contributed by atoms with Gasteiger partial charge in [-0.15, -0.1) is 0 Å². The van der Waals surface area contributed by atoms with E-state index in [4.69, 9.17) is 9.47 Å². The van der Waals surface area contributed by atoms with E-state index >= 15 is 0 Å². The van der Waals surface area contributed by atoms with E-state index in [2.05, 4.69) is 4.72 Å². The molecule has 6 heteroatoms. The number of rotatable bonds is 9. The van der Waals surface area contributed by atoms with Crippen molar-refractivity contribution in [1.82, 2.24) is 0 Å². The second-order valence-corrected chi connectivity index (χ2v) is 7.06. The van der Waals surface area contributed by atoms with Crippen molar-refractivity contribution >= 4 is 15.7 Å². The van der Waals surface area contributed by atoms with Crippen LogP contribution in [-0.2, 0) is 19.5 Å². The maximum atomic E-state index is 12.1. The van der Waals surface area contributed by atoms with Crippen LogP contribution >= 0.6 is 0 Å². The van der Waals surface area contributed by atoms with E-state index in [1.807, 2.05) is 39.0 Å². The zero-order chi connectivity index (χ0) is 15.9. The third kappa shape index (κ3) is 6.03. The molecular weight excluding hydrogens is 290 g/mol. The van der Waals surface area contributed by atoms with Crippen molar-refractivity contribution in [2.24, 2.45) is 0 Å². The van der Waals surface area contributed by atoms with Gasteiger partial charge in [0, 0.05) is 7.11 Å². The molecule has 0 heterocycles. The second-order valence-electron chi connectivity index (χ2n) is 5.22. The highest BCUT2D eigenvalue weighted by atomic mass is 32.2. The van der Waals surface area contributed by atoms with Crippen molar-refractivity contribution in [2.75, 3.05) is 37.4 Å². The highest BCUT2D eigenvalue weighted by Gasteiger charge is 2.16. The summed E-state index contributed by atoms with van der Waals surface area (Å²) in [5.74, 6) is 0.184. The largest absolute Gasteiger partial charge is 0.382 e. The molecule has 5 nitrogen and oxygen atoms in total. The summed E-state index contributed by atoms with van der Waals surface area (Å²) < 4.78 is 37.0. The minimum atomic E-state index is -3.42. The topological polar surface area (TPSA) is 64.6 Å².